The fraction of sp³-hybridized carbons (Fsp3) is 0.0714. The Hall–Kier alpha value is -2.18. The van der Waals surface area contributed by atoms with Gasteiger partial charge in [-0.15, -0.1) is 11.3 Å². The molecule has 2 heterocycles. The fourth-order valence-corrected chi connectivity index (χ4v) is 2.91. The molecule has 5 nitrogen and oxygen atoms in total. The molecule has 0 fully saturated rings. The molecular weight excluding hydrogens is 314 g/mol. The summed E-state index contributed by atoms with van der Waals surface area (Å²) in [7, 11) is 0. The van der Waals surface area contributed by atoms with Crippen LogP contribution in [0, 0.1) is 0 Å². The third-order valence-electron chi connectivity index (χ3n) is 2.98. The number of hydrogen-bond acceptors (Lipinski definition) is 5. The molecule has 0 aliphatic carbocycles. The van der Waals surface area contributed by atoms with Crippen LogP contribution in [-0.2, 0) is 4.74 Å². The number of esters is 1. The van der Waals surface area contributed by atoms with E-state index in [-0.39, 0.29) is 0 Å². The first-order chi connectivity index (χ1) is 10.1. The lowest BCUT2D eigenvalue weighted by atomic mass is 10.1. The molecule has 0 N–H and O–H groups in total. The summed E-state index contributed by atoms with van der Waals surface area (Å²) in [6.07, 6.45) is 0. The monoisotopic (exact) mass is 321 g/mol. The maximum Gasteiger partial charge on any atom is 0.350 e. The standard InChI is InChI=1S/C14H8ClNO4S/c15-11-6-5-10(21-11)14(19)20-7-16-12(17)8-3-1-2-4-9(8)13(16)18/h1-6H,7H2. The number of carbonyl (C=O) groups is 3. The predicted molar refractivity (Wildman–Crippen MR) is 76.6 cm³/mol. The molecule has 0 atom stereocenters. The van der Waals surface area contributed by atoms with E-state index in [1.165, 1.54) is 6.07 Å². The Morgan fingerprint density at radius 3 is 2.24 bits per heavy atom. The average Bonchev–Trinajstić information content (AvgIpc) is 3.02. The van der Waals surface area contributed by atoms with Crippen molar-refractivity contribution >= 4 is 40.7 Å². The summed E-state index contributed by atoms with van der Waals surface area (Å²) in [6, 6.07) is 9.58. The third-order valence-corrected chi connectivity index (χ3v) is 4.19. The lowest BCUT2D eigenvalue weighted by Gasteiger charge is -2.13. The number of halogens is 1. The van der Waals surface area contributed by atoms with Crippen molar-refractivity contribution < 1.29 is 19.1 Å². The van der Waals surface area contributed by atoms with Gasteiger partial charge in [0.2, 0.25) is 0 Å². The molecule has 3 rings (SSSR count). The topological polar surface area (TPSA) is 63.7 Å². The van der Waals surface area contributed by atoms with Gasteiger partial charge >= 0.3 is 5.97 Å². The highest BCUT2D eigenvalue weighted by Crippen LogP contribution is 2.24. The van der Waals surface area contributed by atoms with Crippen LogP contribution >= 0.6 is 22.9 Å². The number of ether oxygens (including phenoxy) is 1. The maximum atomic E-state index is 12.1. The second-order valence-electron chi connectivity index (χ2n) is 4.25. The lowest BCUT2D eigenvalue weighted by Crippen LogP contribution is -2.33. The number of imide groups is 1. The molecule has 2 amide bonds. The molecule has 2 aromatic rings. The number of amides is 2. The number of nitrogens with zero attached hydrogens (tertiary/aromatic N) is 1. The van der Waals surface area contributed by atoms with Gasteiger partial charge in [0.15, 0.2) is 6.73 Å². The Morgan fingerprint density at radius 1 is 1.10 bits per heavy atom. The zero-order chi connectivity index (χ0) is 15.0. The van der Waals surface area contributed by atoms with Gasteiger partial charge in [0, 0.05) is 0 Å². The van der Waals surface area contributed by atoms with Crippen molar-refractivity contribution in [2.75, 3.05) is 6.73 Å². The molecule has 1 aliphatic heterocycles. The smallest absolute Gasteiger partial charge is 0.350 e. The zero-order valence-corrected chi connectivity index (χ0v) is 12.1. The Bertz CT molecular complexity index is 720. The summed E-state index contributed by atoms with van der Waals surface area (Å²) in [5.74, 6) is -1.55. The minimum absolute atomic E-state index is 0.316. The van der Waals surface area contributed by atoms with Gasteiger partial charge in [0.1, 0.15) is 4.88 Å². The molecule has 1 aromatic heterocycles. The van der Waals surface area contributed by atoms with Gasteiger partial charge in [0.05, 0.1) is 15.5 Å². The minimum atomic E-state index is -0.622. The van der Waals surface area contributed by atoms with Crippen LogP contribution in [-0.4, -0.2) is 29.4 Å². The quantitative estimate of drug-likeness (QED) is 0.644. The Kier molecular flexibility index (Phi) is 3.48. The molecule has 0 bridgehead atoms. The van der Waals surface area contributed by atoms with E-state index in [9.17, 15) is 14.4 Å². The van der Waals surface area contributed by atoms with E-state index in [0.29, 0.717) is 20.3 Å². The summed E-state index contributed by atoms with van der Waals surface area (Å²) >= 11 is 6.80. The lowest BCUT2D eigenvalue weighted by molar-refractivity contribution is 0.0232. The first kappa shape index (κ1) is 13.8. The van der Waals surface area contributed by atoms with Crippen LogP contribution in [0.3, 0.4) is 0 Å². The van der Waals surface area contributed by atoms with E-state index in [0.717, 1.165) is 16.2 Å². The van der Waals surface area contributed by atoms with Gasteiger partial charge in [-0.2, -0.15) is 0 Å². The maximum absolute atomic E-state index is 12.1. The van der Waals surface area contributed by atoms with Gasteiger partial charge in [-0.1, -0.05) is 23.7 Å². The van der Waals surface area contributed by atoms with Crippen LogP contribution in [0.25, 0.3) is 0 Å². The highest BCUT2D eigenvalue weighted by atomic mass is 35.5. The van der Waals surface area contributed by atoms with Crippen molar-refractivity contribution in [1.82, 2.24) is 4.90 Å². The molecule has 0 saturated heterocycles. The number of fused-ring (bicyclic) bond motifs is 1. The zero-order valence-electron chi connectivity index (χ0n) is 10.5. The first-order valence-electron chi connectivity index (χ1n) is 5.95. The predicted octanol–water partition coefficient (Wildman–Crippen LogP) is 2.81. The van der Waals surface area contributed by atoms with Gasteiger partial charge in [-0.05, 0) is 24.3 Å². The summed E-state index contributed by atoms with van der Waals surface area (Å²) in [6.45, 7) is -0.416. The molecule has 21 heavy (non-hydrogen) atoms. The average molecular weight is 322 g/mol. The van der Waals surface area contributed by atoms with E-state index >= 15 is 0 Å². The highest BCUT2D eigenvalue weighted by molar-refractivity contribution is 7.17. The van der Waals surface area contributed by atoms with Crippen LogP contribution in [0.5, 0.6) is 0 Å². The van der Waals surface area contributed by atoms with E-state index in [1.54, 1.807) is 30.3 Å². The second kappa shape index (κ2) is 5.31. The van der Waals surface area contributed by atoms with E-state index < -0.39 is 24.5 Å². The molecule has 1 aromatic carbocycles. The minimum Gasteiger partial charge on any atom is -0.439 e. The molecule has 7 heteroatoms. The van der Waals surface area contributed by atoms with Gasteiger partial charge in [0.25, 0.3) is 11.8 Å². The fourth-order valence-electron chi connectivity index (χ4n) is 1.97. The number of thiophene rings is 1. The molecule has 1 aliphatic rings. The van der Waals surface area contributed by atoms with Crippen molar-refractivity contribution in [1.29, 1.82) is 0 Å². The summed E-state index contributed by atoms with van der Waals surface area (Å²) < 4.78 is 5.46. The summed E-state index contributed by atoms with van der Waals surface area (Å²) in [5.41, 5.74) is 0.635. The van der Waals surface area contributed by atoms with Crippen LogP contribution in [0.2, 0.25) is 4.34 Å². The molecular formula is C14H8ClNO4S. The van der Waals surface area contributed by atoms with Gasteiger partial charge < -0.3 is 4.74 Å². The molecule has 0 spiro atoms. The van der Waals surface area contributed by atoms with Gasteiger partial charge in [-0.25, -0.2) is 9.69 Å². The van der Waals surface area contributed by atoms with Crippen LogP contribution in [0.4, 0.5) is 0 Å². The van der Waals surface area contributed by atoms with Crippen molar-refractivity contribution in [3.8, 4) is 0 Å². The third kappa shape index (κ3) is 2.43. The largest absolute Gasteiger partial charge is 0.439 e. The molecule has 0 saturated carbocycles. The molecule has 0 unspecified atom stereocenters. The van der Waals surface area contributed by atoms with Crippen molar-refractivity contribution in [2.45, 2.75) is 0 Å². The second-order valence-corrected chi connectivity index (χ2v) is 5.96. The summed E-state index contributed by atoms with van der Waals surface area (Å²) in [4.78, 5) is 37.1. The van der Waals surface area contributed by atoms with Crippen LogP contribution in [0.1, 0.15) is 30.4 Å². The number of hydrogen-bond donors (Lipinski definition) is 0. The number of benzene rings is 1. The van der Waals surface area contributed by atoms with Gasteiger partial charge in [-0.3, -0.25) is 9.59 Å². The van der Waals surface area contributed by atoms with Crippen LogP contribution in [0.15, 0.2) is 36.4 Å². The number of rotatable bonds is 3. The van der Waals surface area contributed by atoms with Crippen molar-refractivity contribution in [3.05, 3.63) is 56.7 Å². The van der Waals surface area contributed by atoms with Crippen molar-refractivity contribution in [3.63, 3.8) is 0 Å². The van der Waals surface area contributed by atoms with E-state index in [1.807, 2.05) is 0 Å². The Labute approximate surface area is 128 Å². The normalized spacial score (nSPS) is 13.5. The Morgan fingerprint density at radius 2 is 1.71 bits per heavy atom. The summed E-state index contributed by atoms with van der Waals surface area (Å²) in [5, 5.41) is 0. The molecule has 0 radical (unpaired) electrons. The van der Waals surface area contributed by atoms with E-state index in [2.05, 4.69) is 0 Å². The van der Waals surface area contributed by atoms with E-state index in [4.69, 9.17) is 16.3 Å². The van der Waals surface area contributed by atoms with Crippen molar-refractivity contribution in [2.24, 2.45) is 0 Å². The first-order valence-corrected chi connectivity index (χ1v) is 7.15. The highest BCUT2D eigenvalue weighted by Gasteiger charge is 2.35. The Balaban J connectivity index is 1.71. The SMILES string of the molecule is O=C(OCN1C(=O)c2ccccc2C1=O)c1ccc(Cl)s1. The number of carbonyl (C=O) groups excluding carboxylic acids is 3. The molecule has 106 valence electrons. The van der Waals surface area contributed by atoms with Crippen LogP contribution < -0.4 is 0 Å².